The standard InChI is InChI=1S/C24H20ClN3O7/c1-12-7-20-27-23(29)15(22(26)28(20)35-12)8-13-9-16(25)21(19(10-13)33-4)34-24(30)14-5-6-17(31-2)18(11-14)32-3/h5-11,26H,1-4H3/b15-8-,26-22?. The van der Waals surface area contributed by atoms with Crippen LogP contribution in [0.15, 0.2) is 52.7 Å². The highest BCUT2D eigenvalue weighted by atomic mass is 35.5. The van der Waals surface area contributed by atoms with Gasteiger partial charge in [-0.05, 0) is 48.9 Å². The lowest BCUT2D eigenvalue weighted by Gasteiger charge is -2.23. The van der Waals surface area contributed by atoms with Crippen molar-refractivity contribution >= 4 is 41.2 Å². The van der Waals surface area contributed by atoms with Gasteiger partial charge in [-0.15, -0.1) is 5.06 Å². The number of benzene rings is 2. The summed E-state index contributed by atoms with van der Waals surface area (Å²) in [5.74, 6) is 0.229. The number of carbonyl (C=O) groups excluding carboxylic acids is 2. The van der Waals surface area contributed by atoms with E-state index in [9.17, 15) is 9.59 Å². The SMILES string of the molecule is COc1ccc(C(=O)Oc2c(Cl)cc(/C=C3/C(=N)N4OC(C)=CC4=NC3=O)cc2OC)cc1OC. The van der Waals surface area contributed by atoms with Gasteiger partial charge in [0.25, 0.3) is 5.91 Å². The van der Waals surface area contributed by atoms with Crippen LogP contribution in [0.25, 0.3) is 6.08 Å². The second-order valence-corrected chi connectivity index (χ2v) is 7.72. The molecule has 0 radical (unpaired) electrons. The van der Waals surface area contributed by atoms with Gasteiger partial charge in [0.1, 0.15) is 5.76 Å². The fourth-order valence-electron chi connectivity index (χ4n) is 3.40. The Hall–Kier alpha value is -4.31. The molecule has 1 N–H and O–H groups in total. The second kappa shape index (κ2) is 9.51. The van der Waals surface area contributed by atoms with E-state index in [0.717, 1.165) is 5.06 Å². The van der Waals surface area contributed by atoms with Crippen molar-refractivity contribution in [3.05, 3.63) is 63.9 Å². The molecule has 2 aliphatic heterocycles. The first-order valence-electron chi connectivity index (χ1n) is 10.2. The predicted octanol–water partition coefficient (Wildman–Crippen LogP) is 4.04. The van der Waals surface area contributed by atoms with Gasteiger partial charge in [-0.2, -0.15) is 4.99 Å². The summed E-state index contributed by atoms with van der Waals surface area (Å²) in [4.78, 5) is 34.6. The highest BCUT2D eigenvalue weighted by Gasteiger charge is 2.34. The number of aliphatic imine (C=N–C) groups is 1. The second-order valence-electron chi connectivity index (χ2n) is 7.32. The van der Waals surface area contributed by atoms with E-state index in [2.05, 4.69) is 4.99 Å². The fraction of sp³-hybridized carbons (Fsp3) is 0.167. The third-order valence-electron chi connectivity index (χ3n) is 5.06. The van der Waals surface area contributed by atoms with Gasteiger partial charge in [-0.1, -0.05) is 11.6 Å². The predicted molar refractivity (Wildman–Crippen MR) is 127 cm³/mol. The molecule has 0 unspecified atom stereocenters. The molecule has 2 aromatic rings. The maximum Gasteiger partial charge on any atom is 0.343 e. The van der Waals surface area contributed by atoms with Gasteiger partial charge >= 0.3 is 5.97 Å². The number of amidine groups is 2. The molecule has 11 heteroatoms. The van der Waals surface area contributed by atoms with Crippen LogP contribution in [-0.4, -0.2) is 49.9 Å². The summed E-state index contributed by atoms with van der Waals surface area (Å²) in [5.41, 5.74) is 0.620. The Labute approximate surface area is 205 Å². The van der Waals surface area contributed by atoms with Gasteiger partial charge in [0.05, 0.1) is 37.5 Å². The Morgan fingerprint density at radius 1 is 1.09 bits per heavy atom. The quantitative estimate of drug-likeness (QED) is 0.361. The maximum absolute atomic E-state index is 12.8. The van der Waals surface area contributed by atoms with Crippen LogP contribution >= 0.6 is 11.6 Å². The molecule has 2 aliphatic rings. The summed E-state index contributed by atoms with van der Waals surface area (Å²) in [6, 6.07) is 7.57. The van der Waals surface area contributed by atoms with Crippen LogP contribution in [-0.2, 0) is 9.63 Å². The van der Waals surface area contributed by atoms with Crippen LogP contribution in [0.4, 0.5) is 0 Å². The summed E-state index contributed by atoms with van der Waals surface area (Å²) >= 11 is 6.41. The largest absolute Gasteiger partial charge is 0.493 e. The number of amides is 1. The number of hydroxylamine groups is 2. The van der Waals surface area contributed by atoms with E-state index in [1.807, 2.05) is 0 Å². The van der Waals surface area contributed by atoms with Crippen molar-refractivity contribution in [1.29, 1.82) is 5.41 Å². The maximum atomic E-state index is 12.8. The number of allylic oxidation sites excluding steroid dienone is 1. The number of hydrogen-bond acceptors (Lipinski definition) is 8. The molecule has 0 saturated carbocycles. The molecule has 1 amide bonds. The van der Waals surface area contributed by atoms with Gasteiger partial charge in [-0.3, -0.25) is 10.2 Å². The van der Waals surface area contributed by atoms with Crippen LogP contribution < -0.4 is 18.9 Å². The Kier molecular flexibility index (Phi) is 6.48. The number of carbonyl (C=O) groups is 2. The topological polar surface area (TPSA) is 120 Å². The van der Waals surface area contributed by atoms with Crippen molar-refractivity contribution < 1.29 is 33.4 Å². The Morgan fingerprint density at radius 2 is 1.80 bits per heavy atom. The molecule has 0 bridgehead atoms. The minimum Gasteiger partial charge on any atom is -0.493 e. The van der Waals surface area contributed by atoms with E-state index in [1.54, 1.807) is 19.1 Å². The van der Waals surface area contributed by atoms with Crippen molar-refractivity contribution in [3.8, 4) is 23.0 Å². The van der Waals surface area contributed by atoms with E-state index in [0.29, 0.717) is 22.8 Å². The summed E-state index contributed by atoms with van der Waals surface area (Å²) in [6.07, 6.45) is 2.99. The minimum atomic E-state index is -0.697. The van der Waals surface area contributed by atoms with Gasteiger partial charge in [0, 0.05) is 6.08 Å². The first-order valence-corrected chi connectivity index (χ1v) is 10.5. The number of esters is 1. The monoisotopic (exact) mass is 497 g/mol. The zero-order chi connectivity index (χ0) is 25.3. The average molecular weight is 498 g/mol. The third kappa shape index (κ3) is 4.56. The van der Waals surface area contributed by atoms with Crippen LogP contribution in [0.3, 0.4) is 0 Å². The zero-order valence-corrected chi connectivity index (χ0v) is 19.9. The molecule has 0 aromatic heterocycles. The fourth-order valence-corrected chi connectivity index (χ4v) is 3.66. The summed E-state index contributed by atoms with van der Waals surface area (Å²) < 4.78 is 21.3. The molecule has 180 valence electrons. The van der Waals surface area contributed by atoms with Crippen molar-refractivity contribution in [2.24, 2.45) is 4.99 Å². The first kappa shape index (κ1) is 23.8. The first-order chi connectivity index (χ1) is 16.7. The molecule has 0 spiro atoms. The molecular weight excluding hydrogens is 478 g/mol. The Bertz CT molecular complexity index is 1350. The number of ether oxygens (including phenoxy) is 4. The lowest BCUT2D eigenvalue weighted by molar-refractivity contribution is -0.114. The Balaban J connectivity index is 1.63. The van der Waals surface area contributed by atoms with Gasteiger partial charge in [0.15, 0.2) is 34.7 Å². The normalized spacial score (nSPS) is 15.8. The highest BCUT2D eigenvalue weighted by molar-refractivity contribution is 6.34. The number of hydrogen-bond donors (Lipinski definition) is 1. The molecule has 35 heavy (non-hydrogen) atoms. The summed E-state index contributed by atoms with van der Waals surface area (Å²) in [5, 5.41) is 9.54. The van der Waals surface area contributed by atoms with Crippen molar-refractivity contribution in [1.82, 2.24) is 5.06 Å². The van der Waals surface area contributed by atoms with Crippen LogP contribution in [0.5, 0.6) is 23.0 Å². The van der Waals surface area contributed by atoms with E-state index in [-0.39, 0.29) is 39.3 Å². The molecule has 2 aromatic carbocycles. The van der Waals surface area contributed by atoms with Gasteiger partial charge in [0.2, 0.25) is 0 Å². The smallest absolute Gasteiger partial charge is 0.343 e. The minimum absolute atomic E-state index is 0.00922. The number of nitrogens with zero attached hydrogens (tertiary/aromatic N) is 2. The number of methoxy groups -OCH3 is 3. The summed E-state index contributed by atoms with van der Waals surface area (Å²) in [7, 11) is 4.32. The van der Waals surface area contributed by atoms with Crippen molar-refractivity contribution in [2.45, 2.75) is 6.92 Å². The van der Waals surface area contributed by atoms with Crippen molar-refractivity contribution in [2.75, 3.05) is 21.3 Å². The van der Waals surface area contributed by atoms with Crippen LogP contribution in [0, 0.1) is 5.41 Å². The summed E-state index contributed by atoms with van der Waals surface area (Å²) in [6.45, 7) is 1.69. The van der Waals surface area contributed by atoms with Crippen molar-refractivity contribution in [3.63, 3.8) is 0 Å². The Morgan fingerprint density at radius 3 is 2.49 bits per heavy atom. The van der Waals surface area contributed by atoms with E-state index in [4.69, 9.17) is 40.8 Å². The van der Waals surface area contributed by atoms with Gasteiger partial charge in [-0.25, -0.2) is 4.79 Å². The number of rotatable bonds is 6. The number of halogens is 1. The molecule has 10 nitrogen and oxygen atoms in total. The van der Waals surface area contributed by atoms with Crippen LogP contribution in [0.2, 0.25) is 5.02 Å². The molecule has 0 atom stereocenters. The molecule has 0 fully saturated rings. The average Bonchev–Trinajstić information content (AvgIpc) is 3.22. The molecule has 2 heterocycles. The van der Waals surface area contributed by atoms with E-state index in [1.165, 1.54) is 51.7 Å². The van der Waals surface area contributed by atoms with Crippen LogP contribution in [0.1, 0.15) is 22.8 Å². The molecule has 0 saturated heterocycles. The molecule has 4 rings (SSSR count). The number of nitrogens with one attached hydrogen (secondary N) is 1. The zero-order valence-electron chi connectivity index (χ0n) is 19.2. The van der Waals surface area contributed by atoms with E-state index < -0.39 is 11.9 Å². The molecule has 0 aliphatic carbocycles. The highest BCUT2D eigenvalue weighted by Crippen LogP contribution is 2.38. The lowest BCUT2D eigenvalue weighted by atomic mass is 10.1. The van der Waals surface area contributed by atoms with Gasteiger partial charge < -0.3 is 23.8 Å². The van der Waals surface area contributed by atoms with E-state index >= 15 is 0 Å². The number of fused-ring (bicyclic) bond motifs is 1. The molecular formula is C24H20ClN3O7. The third-order valence-corrected chi connectivity index (χ3v) is 5.34. The lowest BCUT2D eigenvalue weighted by Crippen LogP contribution is -2.38.